The summed E-state index contributed by atoms with van der Waals surface area (Å²) >= 11 is 0. The highest BCUT2D eigenvalue weighted by Gasteiger charge is 2.08. The second kappa shape index (κ2) is 4.94. The summed E-state index contributed by atoms with van der Waals surface area (Å²) in [6, 6.07) is 10.2. The van der Waals surface area contributed by atoms with Crippen LogP contribution in [0.25, 0.3) is 0 Å². The van der Waals surface area contributed by atoms with Gasteiger partial charge in [0.1, 0.15) is 5.82 Å². The molecule has 0 bridgehead atoms. The Morgan fingerprint density at radius 1 is 1.31 bits per heavy atom. The minimum atomic E-state index is 0.0284. The normalized spacial score (nSPS) is 12.6. The van der Waals surface area contributed by atoms with E-state index in [4.69, 9.17) is 5.73 Å². The maximum atomic E-state index is 6.16. The molecule has 1 unspecified atom stereocenters. The zero-order valence-corrected chi connectivity index (χ0v) is 9.50. The van der Waals surface area contributed by atoms with Crippen LogP contribution >= 0.6 is 0 Å². The van der Waals surface area contributed by atoms with Gasteiger partial charge in [0.15, 0.2) is 0 Å². The summed E-state index contributed by atoms with van der Waals surface area (Å²) in [7, 11) is 0. The van der Waals surface area contributed by atoms with E-state index in [0.29, 0.717) is 0 Å². The van der Waals surface area contributed by atoms with Gasteiger partial charge in [-0.05, 0) is 5.56 Å². The molecule has 0 fully saturated rings. The van der Waals surface area contributed by atoms with Crippen molar-refractivity contribution in [2.24, 2.45) is 5.73 Å². The smallest absolute Gasteiger partial charge is 0.108 e. The van der Waals surface area contributed by atoms with Crippen LogP contribution in [0.1, 0.15) is 24.4 Å². The van der Waals surface area contributed by atoms with Gasteiger partial charge in [0, 0.05) is 31.4 Å². The maximum Gasteiger partial charge on any atom is 0.108 e. The zero-order valence-electron chi connectivity index (χ0n) is 9.50. The Hall–Kier alpha value is -1.61. The molecule has 0 aliphatic carbocycles. The number of nitrogens with two attached hydrogens (primary N) is 1. The summed E-state index contributed by atoms with van der Waals surface area (Å²) in [5.41, 5.74) is 7.33. The first-order valence-corrected chi connectivity index (χ1v) is 5.61. The van der Waals surface area contributed by atoms with E-state index in [1.54, 1.807) is 0 Å². The van der Waals surface area contributed by atoms with Gasteiger partial charge in [-0.2, -0.15) is 0 Å². The zero-order chi connectivity index (χ0) is 11.4. The van der Waals surface area contributed by atoms with Crippen molar-refractivity contribution in [1.29, 1.82) is 0 Å². The molecule has 3 nitrogen and oxygen atoms in total. The lowest BCUT2D eigenvalue weighted by Crippen LogP contribution is -2.18. The molecule has 1 atom stereocenters. The number of hydrogen-bond acceptors (Lipinski definition) is 2. The monoisotopic (exact) mass is 215 g/mol. The molecule has 16 heavy (non-hydrogen) atoms. The second-order valence-corrected chi connectivity index (χ2v) is 3.87. The van der Waals surface area contributed by atoms with Gasteiger partial charge in [-0.25, -0.2) is 4.98 Å². The third-order valence-corrected chi connectivity index (χ3v) is 2.74. The van der Waals surface area contributed by atoms with E-state index >= 15 is 0 Å². The molecule has 0 saturated heterocycles. The van der Waals surface area contributed by atoms with Gasteiger partial charge in [0.25, 0.3) is 0 Å². The van der Waals surface area contributed by atoms with Crippen LogP contribution in [0.4, 0.5) is 0 Å². The van der Waals surface area contributed by atoms with E-state index in [0.717, 1.165) is 18.8 Å². The number of imidazole rings is 1. The molecule has 2 rings (SSSR count). The van der Waals surface area contributed by atoms with Gasteiger partial charge in [0.2, 0.25) is 0 Å². The van der Waals surface area contributed by atoms with E-state index in [9.17, 15) is 0 Å². The Kier molecular flexibility index (Phi) is 3.37. The summed E-state index contributed by atoms with van der Waals surface area (Å²) < 4.78 is 2.12. The molecule has 0 amide bonds. The van der Waals surface area contributed by atoms with Gasteiger partial charge < -0.3 is 10.3 Å². The van der Waals surface area contributed by atoms with E-state index in [2.05, 4.69) is 28.6 Å². The van der Waals surface area contributed by atoms with Crippen molar-refractivity contribution < 1.29 is 0 Å². The molecule has 1 heterocycles. The molecule has 2 N–H and O–H groups in total. The molecule has 2 aromatic rings. The van der Waals surface area contributed by atoms with Gasteiger partial charge in [-0.1, -0.05) is 37.3 Å². The van der Waals surface area contributed by atoms with Crippen LogP contribution in [0.2, 0.25) is 0 Å². The minimum absolute atomic E-state index is 0.0284. The lowest BCUT2D eigenvalue weighted by atomic mass is 10.1. The van der Waals surface area contributed by atoms with E-state index in [1.807, 2.05) is 30.6 Å². The lowest BCUT2D eigenvalue weighted by Gasteiger charge is -2.14. The minimum Gasteiger partial charge on any atom is -0.333 e. The predicted octanol–water partition coefficient (Wildman–Crippen LogP) is 2.15. The second-order valence-electron chi connectivity index (χ2n) is 3.87. The van der Waals surface area contributed by atoms with Crippen molar-refractivity contribution >= 4 is 0 Å². The SMILES string of the molecule is CCc1nccn1CC(N)c1ccccc1. The predicted molar refractivity (Wildman–Crippen MR) is 65.0 cm³/mol. The lowest BCUT2D eigenvalue weighted by molar-refractivity contribution is 0.557. The fourth-order valence-electron chi connectivity index (χ4n) is 1.84. The number of aromatic nitrogens is 2. The van der Waals surface area contributed by atoms with Crippen molar-refractivity contribution in [1.82, 2.24) is 9.55 Å². The number of aryl methyl sites for hydroxylation is 1. The van der Waals surface area contributed by atoms with Gasteiger partial charge in [-0.15, -0.1) is 0 Å². The van der Waals surface area contributed by atoms with Crippen molar-refractivity contribution in [2.45, 2.75) is 25.9 Å². The summed E-state index contributed by atoms with van der Waals surface area (Å²) in [5.74, 6) is 1.09. The van der Waals surface area contributed by atoms with Gasteiger partial charge in [0.05, 0.1) is 0 Å². The van der Waals surface area contributed by atoms with Crippen LogP contribution in [-0.4, -0.2) is 9.55 Å². The average Bonchev–Trinajstić information content (AvgIpc) is 2.77. The largest absolute Gasteiger partial charge is 0.333 e. The number of benzene rings is 1. The first-order valence-electron chi connectivity index (χ1n) is 5.61. The van der Waals surface area contributed by atoms with Gasteiger partial charge >= 0.3 is 0 Å². The van der Waals surface area contributed by atoms with Crippen molar-refractivity contribution in [3.63, 3.8) is 0 Å². The molecule has 0 saturated carbocycles. The quantitative estimate of drug-likeness (QED) is 0.849. The standard InChI is InChI=1S/C13H17N3/c1-2-13-15-8-9-16(13)10-12(14)11-6-4-3-5-7-11/h3-9,12H,2,10,14H2,1H3. The summed E-state index contributed by atoms with van der Waals surface area (Å²) in [6.07, 6.45) is 4.76. The van der Waals surface area contributed by atoms with Crippen LogP contribution in [0.5, 0.6) is 0 Å². The Balaban J connectivity index is 2.11. The van der Waals surface area contributed by atoms with Crippen molar-refractivity contribution in [3.8, 4) is 0 Å². The molecular weight excluding hydrogens is 198 g/mol. The highest BCUT2D eigenvalue weighted by atomic mass is 15.1. The number of hydrogen-bond donors (Lipinski definition) is 1. The Morgan fingerprint density at radius 2 is 2.06 bits per heavy atom. The highest BCUT2D eigenvalue weighted by molar-refractivity contribution is 5.18. The summed E-state index contributed by atoms with van der Waals surface area (Å²) in [6.45, 7) is 2.89. The third kappa shape index (κ3) is 2.31. The first-order chi connectivity index (χ1) is 7.81. The van der Waals surface area contributed by atoms with Crippen LogP contribution in [0, 0.1) is 0 Å². The van der Waals surface area contributed by atoms with Crippen molar-refractivity contribution in [2.75, 3.05) is 0 Å². The fourth-order valence-corrected chi connectivity index (χ4v) is 1.84. The van der Waals surface area contributed by atoms with Crippen molar-refractivity contribution in [3.05, 3.63) is 54.1 Å². The number of rotatable bonds is 4. The van der Waals surface area contributed by atoms with E-state index in [-0.39, 0.29) is 6.04 Å². The Morgan fingerprint density at radius 3 is 2.75 bits per heavy atom. The van der Waals surface area contributed by atoms with Crippen LogP contribution in [0.15, 0.2) is 42.7 Å². The van der Waals surface area contributed by atoms with Crippen LogP contribution < -0.4 is 5.73 Å². The van der Waals surface area contributed by atoms with E-state index < -0.39 is 0 Å². The molecule has 0 aliphatic rings. The fraction of sp³-hybridized carbons (Fsp3) is 0.308. The van der Waals surface area contributed by atoms with Crippen LogP contribution in [-0.2, 0) is 13.0 Å². The highest BCUT2D eigenvalue weighted by Crippen LogP contribution is 2.13. The Labute approximate surface area is 95.9 Å². The summed E-state index contributed by atoms with van der Waals surface area (Å²) in [4.78, 5) is 4.29. The molecule has 84 valence electrons. The Bertz CT molecular complexity index is 433. The molecule has 0 radical (unpaired) electrons. The summed E-state index contributed by atoms with van der Waals surface area (Å²) in [5, 5.41) is 0. The molecule has 3 heteroatoms. The van der Waals surface area contributed by atoms with E-state index in [1.165, 1.54) is 5.56 Å². The first kappa shape index (κ1) is 10.9. The van der Waals surface area contributed by atoms with Crippen LogP contribution in [0.3, 0.4) is 0 Å². The molecular formula is C13H17N3. The topological polar surface area (TPSA) is 43.8 Å². The molecule has 0 aliphatic heterocycles. The average molecular weight is 215 g/mol. The molecule has 1 aromatic heterocycles. The third-order valence-electron chi connectivity index (χ3n) is 2.74. The molecule has 0 spiro atoms. The maximum absolute atomic E-state index is 6.16. The molecule has 1 aromatic carbocycles. The number of nitrogens with zero attached hydrogens (tertiary/aromatic N) is 2. The van der Waals surface area contributed by atoms with Gasteiger partial charge in [-0.3, -0.25) is 0 Å².